The van der Waals surface area contributed by atoms with Gasteiger partial charge in [0, 0.05) is 18.4 Å². The Kier molecular flexibility index (Phi) is 13.5. The van der Waals surface area contributed by atoms with Crippen molar-refractivity contribution in [2.75, 3.05) is 20.6 Å². The predicted molar refractivity (Wildman–Crippen MR) is 145 cm³/mol. The van der Waals surface area contributed by atoms with Gasteiger partial charge in [0.05, 0.1) is 27.1 Å². The molecule has 0 aromatic heterocycles. The molecule has 0 fully saturated rings. The summed E-state index contributed by atoms with van der Waals surface area (Å²) in [5.74, 6) is 0.685. The SMILES string of the molecule is CCCCCCCCc1ccccc1OC(CCC)OC(=O)CCC[N+](C)(C)Cc1ccccc1. The highest BCUT2D eigenvalue weighted by Crippen LogP contribution is 2.24. The summed E-state index contributed by atoms with van der Waals surface area (Å²) in [5, 5.41) is 0. The molecule has 2 aromatic rings. The number of aryl methyl sites for hydroxylation is 1. The zero-order valence-corrected chi connectivity index (χ0v) is 22.6. The fourth-order valence-electron chi connectivity index (χ4n) is 4.45. The number of carbonyl (C=O) groups excluding carboxylic acids is 1. The van der Waals surface area contributed by atoms with Gasteiger partial charge in [0.2, 0.25) is 6.29 Å². The number of benzene rings is 2. The summed E-state index contributed by atoms with van der Waals surface area (Å²) >= 11 is 0. The number of unbranched alkanes of at least 4 members (excludes halogenated alkanes) is 5. The number of hydrogen-bond donors (Lipinski definition) is 0. The normalized spacial score (nSPS) is 12.3. The van der Waals surface area contributed by atoms with Crippen LogP contribution in [0, 0.1) is 0 Å². The van der Waals surface area contributed by atoms with Gasteiger partial charge in [0.15, 0.2) is 0 Å². The molecule has 1 atom stereocenters. The molecule has 0 amide bonds. The lowest BCUT2D eigenvalue weighted by molar-refractivity contribution is -0.903. The first kappa shape index (κ1) is 28.9. The van der Waals surface area contributed by atoms with Crippen molar-refractivity contribution in [2.45, 2.75) is 97.3 Å². The van der Waals surface area contributed by atoms with Crippen LogP contribution in [0.2, 0.25) is 0 Å². The molecule has 0 aliphatic rings. The third-order valence-corrected chi connectivity index (χ3v) is 6.42. The van der Waals surface area contributed by atoms with Crippen molar-refractivity contribution in [2.24, 2.45) is 0 Å². The standard InChI is InChI=1S/C31H48NO3/c1-5-7-8-9-10-14-21-28-22-15-16-23-29(28)34-31(18-6-2)35-30(33)24-17-25-32(3,4)26-27-19-12-11-13-20-27/h11-13,15-16,19-20,22-23,31H,5-10,14,17-18,21,24-26H2,1-4H3/q+1. The van der Waals surface area contributed by atoms with Gasteiger partial charge in [-0.1, -0.05) is 94.5 Å². The lowest BCUT2D eigenvalue weighted by Crippen LogP contribution is -2.39. The van der Waals surface area contributed by atoms with Gasteiger partial charge >= 0.3 is 5.97 Å². The molecule has 35 heavy (non-hydrogen) atoms. The third-order valence-electron chi connectivity index (χ3n) is 6.42. The summed E-state index contributed by atoms with van der Waals surface area (Å²) in [7, 11) is 4.42. The van der Waals surface area contributed by atoms with Crippen LogP contribution >= 0.6 is 0 Å². The van der Waals surface area contributed by atoms with Crippen molar-refractivity contribution in [1.29, 1.82) is 0 Å². The Labute approximate surface area is 214 Å². The molecule has 1 unspecified atom stereocenters. The lowest BCUT2D eigenvalue weighted by atomic mass is 10.0. The van der Waals surface area contributed by atoms with E-state index >= 15 is 0 Å². The van der Waals surface area contributed by atoms with E-state index in [2.05, 4.69) is 64.3 Å². The molecule has 0 saturated carbocycles. The molecule has 2 rings (SSSR count). The van der Waals surface area contributed by atoms with Gasteiger partial charge < -0.3 is 14.0 Å². The minimum absolute atomic E-state index is 0.170. The maximum atomic E-state index is 12.6. The maximum absolute atomic E-state index is 12.6. The molecule has 0 aliphatic heterocycles. The van der Waals surface area contributed by atoms with Gasteiger partial charge in [0.1, 0.15) is 12.3 Å². The van der Waals surface area contributed by atoms with Crippen LogP contribution in [0.3, 0.4) is 0 Å². The highest BCUT2D eigenvalue weighted by atomic mass is 16.7. The van der Waals surface area contributed by atoms with E-state index in [1.54, 1.807) is 0 Å². The Morgan fingerprint density at radius 1 is 0.829 bits per heavy atom. The van der Waals surface area contributed by atoms with Gasteiger partial charge in [-0.05, 0) is 30.9 Å². The molecule has 4 heteroatoms. The van der Waals surface area contributed by atoms with E-state index in [1.807, 2.05) is 18.2 Å². The van der Waals surface area contributed by atoms with E-state index < -0.39 is 6.29 Å². The third kappa shape index (κ3) is 12.3. The highest BCUT2D eigenvalue weighted by Gasteiger charge is 2.20. The Bertz CT molecular complexity index is 834. The smallest absolute Gasteiger partial charge is 0.309 e. The van der Waals surface area contributed by atoms with Crippen molar-refractivity contribution in [3.63, 3.8) is 0 Å². The average molecular weight is 483 g/mol. The molecule has 0 N–H and O–H groups in total. The van der Waals surface area contributed by atoms with Gasteiger partial charge in [-0.3, -0.25) is 4.79 Å². The van der Waals surface area contributed by atoms with Crippen molar-refractivity contribution >= 4 is 5.97 Å². The molecule has 0 saturated heterocycles. The number of rotatable bonds is 18. The number of esters is 1. The molecule has 4 nitrogen and oxygen atoms in total. The average Bonchev–Trinajstić information content (AvgIpc) is 2.82. The maximum Gasteiger partial charge on any atom is 0.309 e. The van der Waals surface area contributed by atoms with Crippen molar-refractivity contribution in [3.8, 4) is 5.75 Å². The van der Waals surface area contributed by atoms with Crippen LogP contribution in [0.5, 0.6) is 5.75 Å². The Morgan fingerprint density at radius 3 is 2.26 bits per heavy atom. The number of quaternary nitrogens is 1. The number of hydrogen-bond acceptors (Lipinski definition) is 3. The van der Waals surface area contributed by atoms with Crippen molar-refractivity contribution < 1.29 is 18.8 Å². The number of para-hydroxylation sites is 1. The molecule has 0 radical (unpaired) electrons. The van der Waals surface area contributed by atoms with Crippen LogP contribution in [0.4, 0.5) is 0 Å². The molecule has 0 aliphatic carbocycles. The zero-order chi connectivity index (χ0) is 25.4. The van der Waals surface area contributed by atoms with E-state index in [4.69, 9.17) is 9.47 Å². The van der Waals surface area contributed by atoms with Crippen LogP contribution in [0.25, 0.3) is 0 Å². The second-order valence-corrected chi connectivity index (χ2v) is 10.4. The Hall–Kier alpha value is -2.33. The van der Waals surface area contributed by atoms with Crippen molar-refractivity contribution in [3.05, 3.63) is 65.7 Å². The lowest BCUT2D eigenvalue weighted by Gasteiger charge is -2.30. The monoisotopic (exact) mass is 482 g/mol. The van der Waals surface area contributed by atoms with E-state index in [-0.39, 0.29) is 5.97 Å². The highest BCUT2D eigenvalue weighted by molar-refractivity contribution is 5.69. The minimum Gasteiger partial charge on any atom is -0.455 e. The Morgan fingerprint density at radius 2 is 1.51 bits per heavy atom. The topological polar surface area (TPSA) is 35.5 Å². The summed E-state index contributed by atoms with van der Waals surface area (Å²) in [6.07, 6.45) is 10.9. The molecular formula is C31H48NO3+. The second kappa shape index (κ2) is 16.4. The van der Waals surface area contributed by atoms with Gasteiger partial charge in [0.25, 0.3) is 0 Å². The van der Waals surface area contributed by atoms with Gasteiger partial charge in [-0.25, -0.2) is 0 Å². The molecule has 0 spiro atoms. The van der Waals surface area contributed by atoms with E-state index in [0.717, 1.165) is 42.6 Å². The largest absolute Gasteiger partial charge is 0.455 e. The van der Waals surface area contributed by atoms with Crippen molar-refractivity contribution in [1.82, 2.24) is 0 Å². The first-order chi connectivity index (χ1) is 16.9. The second-order valence-electron chi connectivity index (χ2n) is 10.4. The van der Waals surface area contributed by atoms with Gasteiger partial charge in [-0.2, -0.15) is 0 Å². The van der Waals surface area contributed by atoms with Crippen LogP contribution in [-0.4, -0.2) is 37.4 Å². The number of nitrogens with zero attached hydrogens (tertiary/aromatic N) is 1. The quantitative estimate of drug-likeness (QED) is 0.0945. The molecule has 194 valence electrons. The summed E-state index contributed by atoms with van der Waals surface area (Å²) in [6.45, 7) is 6.21. The molecule has 2 aromatic carbocycles. The summed E-state index contributed by atoms with van der Waals surface area (Å²) in [6, 6.07) is 18.7. The van der Waals surface area contributed by atoms with E-state index in [0.29, 0.717) is 12.8 Å². The van der Waals surface area contributed by atoms with E-state index in [9.17, 15) is 4.79 Å². The zero-order valence-electron chi connectivity index (χ0n) is 22.6. The molecular weight excluding hydrogens is 434 g/mol. The van der Waals surface area contributed by atoms with E-state index in [1.165, 1.54) is 49.7 Å². The first-order valence-corrected chi connectivity index (χ1v) is 13.7. The fourth-order valence-corrected chi connectivity index (χ4v) is 4.45. The first-order valence-electron chi connectivity index (χ1n) is 13.7. The van der Waals surface area contributed by atoms with Crippen LogP contribution in [0.1, 0.15) is 89.2 Å². The molecule has 0 heterocycles. The fraction of sp³-hybridized carbons (Fsp3) is 0.581. The predicted octanol–water partition coefficient (Wildman–Crippen LogP) is 7.69. The molecule has 0 bridgehead atoms. The van der Waals surface area contributed by atoms with Crippen LogP contribution in [-0.2, 0) is 22.5 Å². The summed E-state index contributed by atoms with van der Waals surface area (Å²) in [4.78, 5) is 12.6. The van der Waals surface area contributed by atoms with Crippen LogP contribution in [0.15, 0.2) is 54.6 Å². The number of ether oxygens (including phenoxy) is 2. The summed E-state index contributed by atoms with van der Waals surface area (Å²) in [5.41, 5.74) is 2.52. The Balaban J connectivity index is 1.81. The van der Waals surface area contributed by atoms with Crippen LogP contribution < -0.4 is 4.74 Å². The van der Waals surface area contributed by atoms with Gasteiger partial charge in [-0.15, -0.1) is 0 Å². The summed E-state index contributed by atoms with van der Waals surface area (Å²) < 4.78 is 12.9. The number of carbonyl (C=O) groups is 1. The minimum atomic E-state index is -0.523.